The zero-order valence-electron chi connectivity index (χ0n) is 10.7. The third-order valence-electron chi connectivity index (χ3n) is 5.09. The molecule has 1 aliphatic carbocycles. The quantitative estimate of drug-likeness (QED) is 0.267. The predicted octanol–water partition coefficient (Wildman–Crippen LogP) is -3.61. The fourth-order valence-corrected chi connectivity index (χ4v) is 4.21. The van der Waals surface area contributed by atoms with Crippen LogP contribution < -0.4 is 11.1 Å². The van der Waals surface area contributed by atoms with Gasteiger partial charge < -0.3 is 41.0 Å². The highest BCUT2D eigenvalue weighted by atomic mass is 16.8. The number of aliphatic hydroxyl groups is 4. The normalized spacial score (nSPS) is 63.6. The number of aliphatic imine (C=N–C) groups is 1. The summed E-state index contributed by atoms with van der Waals surface area (Å²) >= 11 is 0. The van der Waals surface area contributed by atoms with Gasteiger partial charge >= 0.3 is 5.97 Å². The van der Waals surface area contributed by atoms with Gasteiger partial charge in [-0.05, 0) is 0 Å². The van der Waals surface area contributed by atoms with Crippen molar-refractivity contribution in [3.8, 4) is 0 Å². The van der Waals surface area contributed by atoms with E-state index >= 15 is 0 Å². The number of aliphatic hydroxyl groups excluding tert-OH is 3. The van der Waals surface area contributed by atoms with Crippen LogP contribution in [0.5, 0.6) is 0 Å². The topological polar surface area (TPSA) is 150 Å². The first-order chi connectivity index (χ1) is 9.31. The van der Waals surface area contributed by atoms with Gasteiger partial charge in [0.05, 0.1) is 18.1 Å². The minimum absolute atomic E-state index is 0.106. The first-order valence-electron chi connectivity index (χ1n) is 6.55. The molecule has 1 spiro atoms. The van der Waals surface area contributed by atoms with Gasteiger partial charge in [-0.3, -0.25) is 0 Å². The number of hydrogen-bond donors (Lipinski definition) is 6. The van der Waals surface area contributed by atoms with Gasteiger partial charge in [-0.25, -0.2) is 4.99 Å². The molecule has 4 aliphatic heterocycles. The van der Waals surface area contributed by atoms with E-state index in [1.807, 2.05) is 0 Å². The van der Waals surface area contributed by atoms with Crippen LogP contribution in [0.25, 0.3) is 0 Å². The Bertz CT molecular complexity index is 503. The standard InChI is InChI=1S/C11H17N3O6/c1-2-4-3-7(16)13-9(12)14-10(3)6(15)5(2)20-11(18,19-4)8(10)17/h2-8,15-18H,1H3,(H3,12,13,14)/t2-,3-,4+,5-,6-,7-,8+,10-,11+/m1/s1. The summed E-state index contributed by atoms with van der Waals surface area (Å²) in [4.78, 5) is 3.82. The van der Waals surface area contributed by atoms with E-state index in [4.69, 9.17) is 15.2 Å². The molecule has 4 heterocycles. The van der Waals surface area contributed by atoms with E-state index in [1.54, 1.807) is 6.92 Å². The van der Waals surface area contributed by atoms with Gasteiger partial charge in [0.1, 0.15) is 11.6 Å². The first-order valence-corrected chi connectivity index (χ1v) is 6.55. The molecule has 4 fully saturated rings. The number of nitrogens with two attached hydrogens (primary N) is 1. The van der Waals surface area contributed by atoms with Gasteiger partial charge in [0.25, 0.3) is 0 Å². The first kappa shape index (κ1) is 12.7. The highest BCUT2D eigenvalue weighted by molar-refractivity contribution is 5.80. The highest BCUT2D eigenvalue weighted by Crippen LogP contribution is 2.57. The maximum atomic E-state index is 10.6. The molecule has 7 N–H and O–H groups in total. The minimum atomic E-state index is -2.22. The number of guanidine groups is 1. The van der Waals surface area contributed by atoms with Crippen molar-refractivity contribution in [1.29, 1.82) is 0 Å². The van der Waals surface area contributed by atoms with Crippen LogP contribution in [0.2, 0.25) is 0 Å². The molecule has 5 rings (SSSR count). The lowest BCUT2D eigenvalue weighted by Gasteiger charge is -2.69. The summed E-state index contributed by atoms with van der Waals surface area (Å²) in [6.45, 7) is 1.79. The van der Waals surface area contributed by atoms with Crippen molar-refractivity contribution in [1.82, 2.24) is 5.32 Å². The molecule has 9 heteroatoms. The van der Waals surface area contributed by atoms with E-state index < -0.39 is 48.1 Å². The molecule has 5 aliphatic rings. The van der Waals surface area contributed by atoms with Gasteiger partial charge in [0, 0.05) is 5.92 Å². The molecule has 0 unspecified atom stereocenters. The molecular formula is C11H17N3O6. The summed E-state index contributed by atoms with van der Waals surface area (Å²) in [5.41, 5.74) is 4.17. The van der Waals surface area contributed by atoms with Crippen LogP contribution in [-0.2, 0) is 9.47 Å². The molecule has 0 aromatic carbocycles. The second kappa shape index (κ2) is 3.43. The number of ether oxygens (including phenoxy) is 2. The largest absolute Gasteiger partial charge is 0.388 e. The lowest BCUT2D eigenvalue weighted by Crippen LogP contribution is -2.91. The van der Waals surface area contributed by atoms with Gasteiger partial charge in [-0.15, -0.1) is 0 Å². The molecule has 0 aromatic rings. The van der Waals surface area contributed by atoms with Crippen LogP contribution >= 0.6 is 0 Å². The lowest BCUT2D eigenvalue weighted by molar-refractivity contribution is -0.528. The van der Waals surface area contributed by atoms with E-state index in [-0.39, 0.29) is 11.9 Å². The summed E-state index contributed by atoms with van der Waals surface area (Å²) in [6, 6.07) is 0. The van der Waals surface area contributed by atoms with Crippen molar-refractivity contribution in [3.05, 3.63) is 0 Å². The van der Waals surface area contributed by atoms with Crippen LogP contribution in [0.4, 0.5) is 0 Å². The van der Waals surface area contributed by atoms with Crippen LogP contribution in [0.1, 0.15) is 6.92 Å². The molecule has 9 atom stereocenters. The van der Waals surface area contributed by atoms with E-state index in [0.717, 1.165) is 0 Å². The van der Waals surface area contributed by atoms with Gasteiger partial charge in [-0.1, -0.05) is 6.92 Å². The Labute approximate surface area is 114 Å². The fraction of sp³-hybridized carbons (Fsp3) is 0.909. The number of nitrogens with one attached hydrogen (secondary N) is 1. The van der Waals surface area contributed by atoms with Crippen molar-refractivity contribution in [3.63, 3.8) is 0 Å². The molecule has 9 nitrogen and oxygen atoms in total. The predicted molar refractivity (Wildman–Crippen MR) is 62.9 cm³/mol. The Balaban J connectivity index is 1.92. The molecular weight excluding hydrogens is 270 g/mol. The van der Waals surface area contributed by atoms with Crippen LogP contribution in [-0.4, -0.2) is 68.5 Å². The molecule has 3 saturated heterocycles. The van der Waals surface area contributed by atoms with E-state index in [0.29, 0.717) is 0 Å². The van der Waals surface area contributed by atoms with Crippen molar-refractivity contribution >= 4 is 5.96 Å². The smallest absolute Gasteiger partial charge is 0.311 e. The van der Waals surface area contributed by atoms with Gasteiger partial charge in [0.2, 0.25) is 0 Å². The average molecular weight is 287 g/mol. The van der Waals surface area contributed by atoms with Crippen molar-refractivity contribution in [2.75, 3.05) is 0 Å². The third kappa shape index (κ3) is 1.14. The van der Waals surface area contributed by atoms with Crippen LogP contribution in [0, 0.1) is 11.8 Å². The zero-order chi connectivity index (χ0) is 14.4. The fourth-order valence-electron chi connectivity index (χ4n) is 4.21. The van der Waals surface area contributed by atoms with E-state index in [1.165, 1.54) is 0 Å². The van der Waals surface area contributed by atoms with Gasteiger partial charge in [-0.2, -0.15) is 0 Å². The Morgan fingerprint density at radius 3 is 2.60 bits per heavy atom. The summed E-state index contributed by atoms with van der Waals surface area (Å²) in [7, 11) is 0. The molecule has 1 saturated carbocycles. The van der Waals surface area contributed by atoms with Crippen molar-refractivity contribution < 1.29 is 29.9 Å². The molecule has 0 aromatic heterocycles. The minimum Gasteiger partial charge on any atom is -0.388 e. The summed E-state index contributed by atoms with van der Waals surface area (Å²) < 4.78 is 10.7. The van der Waals surface area contributed by atoms with Crippen molar-refractivity contribution in [2.24, 2.45) is 22.6 Å². The second-order valence-corrected chi connectivity index (χ2v) is 6.01. The maximum absolute atomic E-state index is 10.6. The Kier molecular flexibility index (Phi) is 2.19. The summed E-state index contributed by atoms with van der Waals surface area (Å²) in [6.07, 6.45) is -5.37. The molecule has 20 heavy (non-hydrogen) atoms. The Morgan fingerprint density at radius 2 is 1.90 bits per heavy atom. The van der Waals surface area contributed by atoms with E-state index in [2.05, 4.69) is 10.3 Å². The SMILES string of the molecule is C[C@H]1[C@H]2O[C@@]3(O)O[C@@H]1[C@@H]1[C@@H](O)N=C(N)N[C@]1([C@@H]2O)[C@@H]3O. The summed E-state index contributed by atoms with van der Waals surface area (Å²) in [5, 5.41) is 44.2. The number of hydrogen-bond acceptors (Lipinski definition) is 9. The monoisotopic (exact) mass is 287 g/mol. The third-order valence-corrected chi connectivity index (χ3v) is 5.09. The summed E-state index contributed by atoms with van der Waals surface area (Å²) in [5.74, 6) is -3.34. The van der Waals surface area contributed by atoms with Gasteiger partial charge in [0.15, 0.2) is 18.3 Å². The second-order valence-electron chi connectivity index (χ2n) is 6.01. The van der Waals surface area contributed by atoms with E-state index in [9.17, 15) is 20.4 Å². The maximum Gasteiger partial charge on any atom is 0.311 e. The highest BCUT2D eigenvalue weighted by Gasteiger charge is 2.78. The zero-order valence-corrected chi connectivity index (χ0v) is 10.7. The lowest BCUT2D eigenvalue weighted by atomic mass is 9.57. The van der Waals surface area contributed by atoms with Crippen LogP contribution in [0.15, 0.2) is 4.99 Å². The Hall–Kier alpha value is -0.970. The molecule has 112 valence electrons. The van der Waals surface area contributed by atoms with Crippen molar-refractivity contribution in [2.45, 2.75) is 49.1 Å². The molecule has 0 radical (unpaired) electrons. The van der Waals surface area contributed by atoms with Crippen LogP contribution in [0.3, 0.4) is 0 Å². The Morgan fingerprint density at radius 1 is 1.25 bits per heavy atom. The average Bonchev–Trinajstić information content (AvgIpc) is 2.36. The molecule has 0 amide bonds. The number of rotatable bonds is 0. The number of nitrogens with zero attached hydrogens (tertiary/aromatic N) is 1. The molecule has 4 bridgehead atoms.